The van der Waals surface area contributed by atoms with Crippen LogP contribution in [-0.2, 0) is 0 Å². The third-order valence-electron chi connectivity index (χ3n) is 1.87. The first-order chi connectivity index (χ1) is 8.45. The van der Waals surface area contributed by atoms with Crippen LogP contribution in [0.25, 0.3) is 0 Å². The van der Waals surface area contributed by atoms with Crippen molar-refractivity contribution in [3.8, 4) is 0 Å². The zero-order valence-electron chi connectivity index (χ0n) is 8.94. The molecule has 2 rings (SSSR count). The second kappa shape index (κ2) is 5.05. The highest BCUT2D eigenvalue weighted by Gasteiger charge is 2.14. The molecular weight excluding hydrogens is 299 g/mol. The van der Waals surface area contributed by atoms with Crippen molar-refractivity contribution < 1.29 is 9.90 Å². The molecule has 0 aromatic carbocycles. The van der Waals surface area contributed by atoms with Crippen LogP contribution in [0.3, 0.4) is 0 Å². The summed E-state index contributed by atoms with van der Waals surface area (Å²) >= 11 is 12.4. The van der Waals surface area contributed by atoms with Crippen molar-refractivity contribution in [2.45, 2.75) is 6.92 Å². The number of halogens is 2. The van der Waals surface area contributed by atoms with Gasteiger partial charge in [-0.3, -0.25) is 5.32 Å². The standard InChI is InChI=1S/C9H6Cl2N4O2S/c1-3-6(7(16)17)18-9(12-3)15-8-13-4(10)2-5(11)14-8/h2H,1H3,(H,16,17)(H,12,13,14,15). The summed E-state index contributed by atoms with van der Waals surface area (Å²) in [6, 6.07) is 1.39. The van der Waals surface area contributed by atoms with E-state index in [1.54, 1.807) is 6.92 Å². The van der Waals surface area contributed by atoms with Gasteiger partial charge in [0.15, 0.2) is 5.13 Å². The Morgan fingerprint density at radius 2 is 1.94 bits per heavy atom. The summed E-state index contributed by atoms with van der Waals surface area (Å²) in [4.78, 5) is 22.9. The zero-order valence-corrected chi connectivity index (χ0v) is 11.3. The Bertz CT molecular complexity index is 596. The average Bonchev–Trinajstić information content (AvgIpc) is 2.57. The van der Waals surface area contributed by atoms with Gasteiger partial charge in [-0.15, -0.1) is 0 Å². The maximum Gasteiger partial charge on any atom is 0.347 e. The Labute approximate surface area is 116 Å². The topological polar surface area (TPSA) is 88.0 Å². The van der Waals surface area contributed by atoms with Crippen LogP contribution in [-0.4, -0.2) is 26.0 Å². The molecular formula is C9H6Cl2N4O2S. The Hall–Kier alpha value is -1.44. The van der Waals surface area contributed by atoms with Crippen LogP contribution in [0.15, 0.2) is 6.07 Å². The highest BCUT2D eigenvalue weighted by molar-refractivity contribution is 7.17. The van der Waals surface area contributed by atoms with E-state index in [0.29, 0.717) is 10.8 Å². The van der Waals surface area contributed by atoms with Gasteiger partial charge in [-0.05, 0) is 6.92 Å². The maximum atomic E-state index is 10.9. The number of hydrogen-bond acceptors (Lipinski definition) is 6. The fraction of sp³-hybridized carbons (Fsp3) is 0.111. The van der Waals surface area contributed by atoms with E-state index in [-0.39, 0.29) is 21.1 Å². The summed E-state index contributed by atoms with van der Waals surface area (Å²) in [6.07, 6.45) is 0. The summed E-state index contributed by atoms with van der Waals surface area (Å²) in [5.41, 5.74) is 0.420. The lowest BCUT2D eigenvalue weighted by atomic mass is 10.4. The number of thiazole rings is 1. The Balaban J connectivity index is 2.28. The van der Waals surface area contributed by atoms with Crippen LogP contribution < -0.4 is 5.32 Å². The van der Waals surface area contributed by atoms with Crippen molar-refractivity contribution >= 4 is 51.6 Å². The molecule has 9 heteroatoms. The molecule has 2 N–H and O–H groups in total. The number of carboxylic acids is 1. The van der Waals surface area contributed by atoms with Crippen molar-refractivity contribution in [1.29, 1.82) is 0 Å². The Morgan fingerprint density at radius 1 is 1.33 bits per heavy atom. The van der Waals surface area contributed by atoms with E-state index in [0.717, 1.165) is 11.3 Å². The normalized spacial score (nSPS) is 10.4. The molecule has 0 atom stereocenters. The lowest BCUT2D eigenvalue weighted by Gasteiger charge is -2.00. The third kappa shape index (κ3) is 2.87. The van der Waals surface area contributed by atoms with Crippen molar-refractivity contribution in [3.05, 3.63) is 26.9 Å². The van der Waals surface area contributed by atoms with Gasteiger partial charge in [0.1, 0.15) is 15.2 Å². The molecule has 2 aromatic rings. The first-order valence-corrected chi connectivity index (χ1v) is 6.21. The third-order valence-corrected chi connectivity index (χ3v) is 3.32. The quantitative estimate of drug-likeness (QED) is 0.848. The van der Waals surface area contributed by atoms with Gasteiger partial charge in [-0.1, -0.05) is 34.5 Å². The molecule has 0 bridgehead atoms. The molecule has 94 valence electrons. The SMILES string of the molecule is Cc1nc(Nc2nc(Cl)cc(Cl)n2)sc1C(=O)O. The predicted molar refractivity (Wildman–Crippen MR) is 69.1 cm³/mol. The number of carboxylic acid groups (broad SMARTS) is 1. The van der Waals surface area contributed by atoms with E-state index in [9.17, 15) is 4.79 Å². The van der Waals surface area contributed by atoms with Crippen LogP contribution in [0.2, 0.25) is 10.3 Å². The molecule has 0 aliphatic rings. The predicted octanol–water partition coefficient (Wildman–Crippen LogP) is 2.99. The molecule has 6 nitrogen and oxygen atoms in total. The van der Waals surface area contributed by atoms with E-state index in [1.165, 1.54) is 6.07 Å². The number of aryl methyl sites for hydroxylation is 1. The highest BCUT2D eigenvalue weighted by Crippen LogP contribution is 2.25. The fourth-order valence-electron chi connectivity index (χ4n) is 1.19. The molecule has 18 heavy (non-hydrogen) atoms. The van der Waals surface area contributed by atoms with Gasteiger partial charge < -0.3 is 5.11 Å². The number of aromatic nitrogens is 3. The number of aromatic carboxylic acids is 1. The number of carbonyl (C=O) groups is 1. The summed E-state index contributed by atoms with van der Waals surface area (Å²) in [7, 11) is 0. The number of rotatable bonds is 3. The van der Waals surface area contributed by atoms with Crippen molar-refractivity contribution in [2.75, 3.05) is 5.32 Å². The van der Waals surface area contributed by atoms with Crippen LogP contribution in [0.4, 0.5) is 11.1 Å². The number of hydrogen-bond donors (Lipinski definition) is 2. The molecule has 0 saturated heterocycles. The van der Waals surface area contributed by atoms with E-state index in [4.69, 9.17) is 28.3 Å². The van der Waals surface area contributed by atoms with Crippen LogP contribution >= 0.6 is 34.5 Å². The molecule has 2 heterocycles. The zero-order chi connectivity index (χ0) is 13.3. The van der Waals surface area contributed by atoms with E-state index < -0.39 is 5.97 Å². The average molecular weight is 305 g/mol. The molecule has 0 amide bonds. The molecule has 0 radical (unpaired) electrons. The molecule has 0 aliphatic carbocycles. The number of nitrogens with zero attached hydrogens (tertiary/aromatic N) is 3. The lowest BCUT2D eigenvalue weighted by molar-refractivity contribution is 0.0701. The van der Waals surface area contributed by atoms with Crippen LogP contribution in [0.5, 0.6) is 0 Å². The molecule has 0 unspecified atom stereocenters. The minimum Gasteiger partial charge on any atom is -0.477 e. The summed E-state index contributed by atoms with van der Waals surface area (Å²) < 4.78 is 0. The number of anilines is 2. The van der Waals surface area contributed by atoms with Gasteiger partial charge in [0.2, 0.25) is 5.95 Å². The van der Waals surface area contributed by atoms with Crippen molar-refractivity contribution in [3.63, 3.8) is 0 Å². The molecule has 0 saturated carbocycles. The lowest BCUT2D eigenvalue weighted by Crippen LogP contribution is -1.96. The largest absolute Gasteiger partial charge is 0.477 e. The molecule has 0 fully saturated rings. The van der Waals surface area contributed by atoms with Gasteiger partial charge >= 0.3 is 5.97 Å². The minimum atomic E-state index is -1.02. The monoisotopic (exact) mass is 304 g/mol. The van der Waals surface area contributed by atoms with Gasteiger partial charge in [0, 0.05) is 6.07 Å². The van der Waals surface area contributed by atoms with E-state index in [2.05, 4.69) is 20.3 Å². The molecule has 0 aliphatic heterocycles. The van der Waals surface area contributed by atoms with Crippen molar-refractivity contribution in [2.24, 2.45) is 0 Å². The van der Waals surface area contributed by atoms with Crippen LogP contribution in [0, 0.1) is 6.92 Å². The number of nitrogens with one attached hydrogen (secondary N) is 1. The molecule has 2 aromatic heterocycles. The highest BCUT2D eigenvalue weighted by atomic mass is 35.5. The second-order valence-corrected chi connectivity index (χ2v) is 4.97. The van der Waals surface area contributed by atoms with Gasteiger partial charge in [0.25, 0.3) is 0 Å². The summed E-state index contributed by atoms with van der Waals surface area (Å²) in [6.45, 7) is 1.61. The maximum absolute atomic E-state index is 10.9. The fourth-order valence-corrected chi connectivity index (χ4v) is 2.41. The molecule has 0 spiro atoms. The van der Waals surface area contributed by atoms with Crippen LogP contribution in [0.1, 0.15) is 15.4 Å². The van der Waals surface area contributed by atoms with Gasteiger partial charge in [0.05, 0.1) is 5.69 Å². The summed E-state index contributed by atoms with van der Waals surface area (Å²) in [5, 5.41) is 12.4. The van der Waals surface area contributed by atoms with E-state index in [1.807, 2.05) is 0 Å². The minimum absolute atomic E-state index is 0.158. The Kier molecular flexibility index (Phi) is 3.65. The van der Waals surface area contributed by atoms with Gasteiger partial charge in [-0.2, -0.15) is 0 Å². The smallest absolute Gasteiger partial charge is 0.347 e. The summed E-state index contributed by atoms with van der Waals surface area (Å²) in [5.74, 6) is -0.860. The van der Waals surface area contributed by atoms with Gasteiger partial charge in [-0.25, -0.2) is 19.7 Å². The van der Waals surface area contributed by atoms with Crippen molar-refractivity contribution in [1.82, 2.24) is 15.0 Å². The first-order valence-electron chi connectivity index (χ1n) is 4.63. The Morgan fingerprint density at radius 3 is 2.44 bits per heavy atom. The first kappa shape index (κ1) is 13.0. The second-order valence-electron chi connectivity index (χ2n) is 3.20. The van der Waals surface area contributed by atoms with E-state index >= 15 is 0 Å².